The van der Waals surface area contributed by atoms with E-state index in [1.165, 1.54) is 24.3 Å². The van der Waals surface area contributed by atoms with Crippen molar-refractivity contribution in [2.45, 2.75) is 13.3 Å². The maximum atomic E-state index is 11.0. The summed E-state index contributed by atoms with van der Waals surface area (Å²) < 4.78 is 6.02. The number of nitro benzene ring substituents is 1. The predicted molar refractivity (Wildman–Crippen MR) is 77.3 cm³/mol. The number of benzene rings is 1. The molecular formula is C12H9BrClN3O3. The molecule has 2 rings (SSSR count). The van der Waals surface area contributed by atoms with Gasteiger partial charge in [-0.05, 0) is 28.1 Å². The summed E-state index contributed by atoms with van der Waals surface area (Å²) in [5.74, 6) is 0.882. The van der Waals surface area contributed by atoms with Crippen LogP contribution in [0.3, 0.4) is 0 Å². The lowest BCUT2D eigenvalue weighted by atomic mass is 10.3. The van der Waals surface area contributed by atoms with Crippen LogP contribution in [-0.2, 0) is 6.42 Å². The highest BCUT2D eigenvalue weighted by molar-refractivity contribution is 9.10. The largest absolute Gasteiger partial charge is 0.432 e. The van der Waals surface area contributed by atoms with Gasteiger partial charge in [0.15, 0.2) is 0 Å². The zero-order valence-corrected chi connectivity index (χ0v) is 12.7. The van der Waals surface area contributed by atoms with E-state index < -0.39 is 4.92 Å². The fourth-order valence-corrected chi connectivity index (χ4v) is 2.05. The number of aryl methyl sites for hydroxylation is 1. The molecule has 0 radical (unpaired) electrons. The Morgan fingerprint density at radius 1 is 1.40 bits per heavy atom. The molecule has 0 aliphatic carbocycles. The summed E-state index contributed by atoms with van der Waals surface area (Å²) in [6.07, 6.45) is 0.624. The molecule has 1 aromatic heterocycles. The van der Waals surface area contributed by atoms with Gasteiger partial charge in [-0.25, -0.2) is 4.98 Å². The number of aromatic nitrogens is 2. The van der Waals surface area contributed by atoms with Crippen LogP contribution in [0.15, 0.2) is 28.9 Å². The SMILES string of the molecule is CCc1nc(Br)cc(Oc2ccc(Cl)cc2[N+](=O)[O-])n1. The summed E-state index contributed by atoms with van der Waals surface area (Å²) in [6.45, 7) is 1.90. The molecule has 0 aliphatic heterocycles. The molecule has 0 fully saturated rings. The van der Waals surface area contributed by atoms with Gasteiger partial charge in [0.25, 0.3) is 0 Å². The molecule has 0 bridgehead atoms. The van der Waals surface area contributed by atoms with Gasteiger partial charge in [-0.3, -0.25) is 10.1 Å². The van der Waals surface area contributed by atoms with Crippen LogP contribution < -0.4 is 4.74 Å². The van der Waals surface area contributed by atoms with Crippen molar-refractivity contribution in [3.63, 3.8) is 0 Å². The van der Waals surface area contributed by atoms with E-state index in [-0.39, 0.29) is 22.3 Å². The minimum Gasteiger partial charge on any atom is -0.432 e. The van der Waals surface area contributed by atoms with Gasteiger partial charge < -0.3 is 4.74 Å². The van der Waals surface area contributed by atoms with Gasteiger partial charge in [0.05, 0.1) is 4.92 Å². The van der Waals surface area contributed by atoms with E-state index in [9.17, 15) is 10.1 Å². The highest BCUT2D eigenvalue weighted by Gasteiger charge is 2.17. The summed E-state index contributed by atoms with van der Waals surface area (Å²) in [4.78, 5) is 18.7. The number of ether oxygens (including phenoxy) is 1. The Bertz CT molecular complexity index is 666. The number of hydrogen-bond donors (Lipinski definition) is 0. The number of nitro groups is 1. The van der Waals surface area contributed by atoms with Crippen molar-refractivity contribution in [1.29, 1.82) is 0 Å². The molecular weight excluding hydrogens is 350 g/mol. The van der Waals surface area contributed by atoms with Gasteiger partial charge in [0, 0.05) is 23.6 Å². The van der Waals surface area contributed by atoms with Crippen LogP contribution in [0.25, 0.3) is 0 Å². The third kappa shape index (κ3) is 3.43. The van der Waals surface area contributed by atoms with E-state index in [4.69, 9.17) is 16.3 Å². The Hall–Kier alpha value is -1.73. The summed E-state index contributed by atoms with van der Waals surface area (Å²) in [5.41, 5.74) is -0.217. The van der Waals surface area contributed by atoms with Crippen molar-refractivity contribution in [2.24, 2.45) is 0 Å². The highest BCUT2D eigenvalue weighted by Crippen LogP contribution is 2.33. The number of hydrogen-bond acceptors (Lipinski definition) is 5. The number of halogens is 2. The van der Waals surface area contributed by atoms with E-state index in [1.54, 1.807) is 0 Å². The quantitative estimate of drug-likeness (QED) is 0.466. The Labute approximate surface area is 128 Å². The molecule has 6 nitrogen and oxygen atoms in total. The monoisotopic (exact) mass is 357 g/mol. The molecule has 104 valence electrons. The smallest absolute Gasteiger partial charge is 0.313 e. The van der Waals surface area contributed by atoms with E-state index in [2.05, 4.69) is 25.9 Å². The van der Waals surface area contributed by atoms with Crippen LogP contribution in [0, 0.1) is 10.1 Å². The second-order valence-corrected chi connectivity index (χ2v) is 5.02. The maximum absolute atomic E-state index is 11.0. The first kappa shape index (κ1) is 14.7. The van der Waals surface area contributed by atoms with Crippen molar-refractivity contribution in [1.82, 2.24) is 9.97 Å². The maximum Gasteiger partial charge on any atom is 0.313 e. The summed E-state index contributed by atoms with van der Waals surface area (Å²) >= 11 is 8.98. The van der Waals surface area contributed by atoms with Crippen LogP contribution in [0.5, 0.6) is 11.6 Å². The van der Waals surface area contributed by atoms with Crippen LogP contribution in [-0.4, -0.2) is 14.9 Å². The molecule has 20 heavy (non-hydrogen) atoms. The molecule has 8 heteroatoms. The lowest BCUT2D eigenvalue weighted by Gasteiger charge is -2.07. The van der Waals surface area contributed by atoms with E-state index in [0.717, 1.165) is 0 Å². The normalized spacial score (nSPS) is 10.3. The second kappa shape index (κ2) is 6.15. The van der Waals surface area contributed by atoms with E-state index >= 15 is 0 Å². The average molecular weight is 359 g/mol. The highest BCUT2D eigenvalue weighted by atomic mass is 79.9. The second-order valence-electron chi connectivity index (χ2n) is 3.77. The Morgan fingerprint density at radius 2 is 2.15 bits per heavy atom. The molecule has 0 N–H and O–H groups in total. The Morgan fingerprint density at radius 3 is 2.80 bits per heavy atom. The molecule has 2 aromatic rings. The van der Waals surface area contributed by atoms with Gasteiger partial charge in [-0.1, -0.05) is 18.5 Å². The average Bonchev–Trinajstić information content (AvgIpc) is 2.40. The molecule has 1 aromatic carbocycles. The third-order valence-corrected chi connectivity index (χ3v) is 3.01. The van der Waals surface area contributed by atoms with Gasteiger partial charge in [-0.2, -0.15) is 4.98 Å². The first-order valence-corrected chi connectivity index (χ1v) is 6.82. The third-order valence-electron chi connectivity index (χ3n) is 2.37. The lowest BCUT2D eigenvalue weighted by Crippen LogP contribution is -1.98. The van der Waals surface area contributed by atoms with Gasteiger partial charge in [-0.15, -0.1) is 0 Å². The molecule has 0 atom stereocenters. The fourth-order valence-electron chi connectivity index (χ4n) is 1.48. The van der Waals surface area contributed by atoms with Crippen LogP contribution in [0.1, 0.15) is 12.7 Å². The minimum atomic E-state index is -0.557. The van der Waals surface area contributed by atoms with E-state index in [0.29, 0.717) is 16.8 Å². The van der Waals surface area contributed by atoms with Crippen LogP contribution in [0.2, 0.25) is 5.02 Å². The molecule has 0 spiro atoms. The standard InChI is InChI=1S/C12H9BrClN3O3/c1-2-11-15-10(13)6-12(16-11)20-9-4-3-7(14)5-8(9)17(18)19/h3-6H,2H2,1H3. The van der Waals surface area contributed by atoms with Gasteiger partial charge in [0.1, 0.15) is 10.4 Å². The topological polar surface area (TPSA) is 78.2 Å². The fraction of sp³-hybridized carbons (Fsp3) is 0.167. The minimum absolute atomic E-state index is 0.0760. The van der Waals surface area contributed by atoms with Crippen molar-refractivity contribution in [3.05, 3.63) is 49.8 Å². The van der Waals surface area contributed by atoms with Gasteiger partial charge in [0.2, 0.25) is 11.6 Å². The van der Waals surface area contributed by atoms with Crippen molar-refractivity contribution in [3.8, 4) is 11.6 Å². The van der Waals surface area contributed by atoms with Crippen LogP contribution >= 0.6 is 27.5 Å². The Kier molecular flexibility index (Phi) is 4.51. The van der Waals surface area contributed by atoms with E-state index in [1.807, 2.05) is 6.92 Å². The first-order valence-electron chi connectivity index (χ1n) is 5.65. The molecule has 0 aliphatic rings. The zero-order valence-electron chi connectivity index (χ0n) is 10.3. The number of rotatable bonds is 4. The molecule has 0 unspecified atom stereocenters. The first-order chi connectivity index (χ1) is 9.49. The zero-order chi connectivity index (χ0) is 14.7. The summed E-state index contributed by atoms with van der Waals surface area (Å²) in [6, 6.07) is 5.72. The Balaban J connectivity index is 2.39. The molecule has 0 saturated carbocycles. The van der Waals surface area contributed by atoms with Crippen molar-refractivity contribution < 1.29 is 9.66 Å². The van der Waals surface area contributed by atoms with Crippen molar-refractivity contribution in [2.75, 3.05) is 0 Å². The predicted octanol–water partition coefficient (Wildman–Crippen LogP) is 4.16. The van der Waals surface area contributed by atoms with Crippen molar-refractivity contribution >= 4 is 33.2 Å². The molecule has 0 saturated heterocycles. The summed E-state index contributed by atoms with van der Waals surface area (Å²) in [7, 11) is 0. The molecule has 0 amide bonds. The summed E-state index contributed by atoms with van der Waals surface area (Å²) in [5, 5.41) is 11.2. The van der Waals surface area contributed by atoms with Crippen LogP contribution in [0.4, 0.5) is 5.69 Å². The molecule has 1 heterocycles. The lowest BCUT2D eigenvalue weighted by molar-refractivity contribution is -0.385. The number of nitrogens with zero attached hydrogens (tertiary/aromatic N) is 3. The van der Waals surface area contributed by atoms with Gasteiger partial charge >= 0.3 is 5.69 Å².